The zero-order chi connectivity index (χ0) is 10.7. The molecule has 1 saturated carbocycles. The standard InChI is InChI=1S/C11H17ClN2S/c1-9-14-10(7-15-9)6-13-8-11(2-3-11)4-5-12/h7,13H,2-6,8H2,1H3. The Bertz CT molecular complexity index is 320. The fourth-order valence-corrected chi connectivity index (χ4v) is 2.85. The number of thiazole rings is 1. The minimum Gasteiger partial charge on any atom is -0.311 e. The van der Waals surface area contributed by atoms with Gasteiger partial charge in [0.25, 0.3) is 0 Å². The number of nitrogens with zero attached hydrogens (tertiary/aromatic N) is 1. The van der Waals surface area contributed by atoms with Crippen LogP contribution in [0.3, 0.4) is 0 Å². The van der Waals surface area contributed by atoms with Gasteiger partial charge in [0.2, 0.25) is 0 Å². The van der Waals surface area contributed by atoms with Crippen LogP contribution in [0.4, 0.5) is 0 Å². The minimum absolute atomic E-state index is 0.521. The Labute approximate surface area is 100 Å². The second-order valence-electron chi connectivity index (χ2n) is 4.40. The van der Waals surface area contributed by atoms with E-state index in [0.717, 1.165) is 30.4 Å². The molecule has 1 heterocycles. The van der Waals surface area contributed by atoms with Crippen LogP contribution in [0.15, 0.2) is 5.38 Å². The first-order chi connectivity index (χ1) is 7.24. The van der Waals surface area contributed by atoms with Crippen LogP contribution in [0, 0.1) is 12.3 Å². The van der Waals surface area contributed by atoms with E-state index in [1.165, 1.54) is 18.5 Å². The summed E-state index contributed by atoms with van der Waals surface area (Å²) in [5, 5.41) is 6.76. The highest BCUT2D eigenvalue weighted by molar-refractivity contribution is 7.09. The Morgan fingerprint density at radius 2 is 2.40 bits per heavy atom. The van der Waals surface area contributed by atoms with Crippen molar-refractivity contribution in [1.29, 1.82) is 0 Å². The van der Waals surface area contributed by atoms with Gasteiger partial charge in [-0.15, -0.1) is 22.9 Å². The first kappa shape index (κ1) is 11.4. The van der Waals surface area contributed by atoms with Crippen LogP contribution in [0.25, 0.3) is 0 Å². The normalized spacial score (nSPS) is 18.0. The third-order valence-corrected chi connectivity index (χ3v) is 4.07. The number of halogens is 1. The third kappa shape index (κ3) is 3.16. The lowest BCUT2D eigenvalue weighted by atomic mass is 10.0. The van der Waals surface area contributed by atoms with Crippen LogP contribution in [0.2, 0.25) is 0 Å². The minimum atomic E-state index is 0.521. The Hall–Kier alpha value is -0.120. The number of nitrogens with one attached hydrogen (secondary N) is 1. The zero-order valence-corrected chi connectivity index (χ0v) is 10.6. The third-order valence-electron chi connectivity index (χ3n) is 3.05. The van der Waals surface area contributed by atoms with Crippen molar-refractivity contribution in [2.45, 2.75) is 32.7 Å². The Balaban J connectivity index is 1.71. The van der Waals surface area contributed by atoms with Gasteiger partial charge < -0.3 is 5.32 Å². The van der Waals surface area contributed by atoms with E-state index < -0.39 is 0 Å². The summed E-state index contributed by atoms with van der Waals surface area (Å²) in [5.41, 5.74) is 1.69. The van der Waals surface area contributed by atoms with Crippen LogP contribution in [0.1, 0.15) is 30.0 Å². The molecule has 2 rings (SSSR count). The maximum absolute atomic E-state index is 5.79. The highest BCUT2D eigenvalue weighted by Crippen LogP contribution is 2.48. The van der Waals surface area contributed by atoms with Crippen LogP contribution in [-0.4, -0.2) is 17.4 Å². The van der Waals surface area contributed by atoms with Crippen LogP contribution >= 0.6 is 22.9 Å². The first-order valence-electron chi connectivity index (χ1n) is 5.42. The van der Waals surface area contributed by atoms with E-state index in [9.17, 15) is 0 Å². The van der Waals surface area contributed by atoms with Crippen molar-refractivity contribution in [1.82, 2.24) is 10.3 Å². The number of hydrogen-bond acceptors (Lipinski definition) is 3. The fraction of sp³-hybridized carbons (Fsp3) is 0.727. The van der Waals surface area contributed by atoms with E-state index in [-0.39, 0.29) is 0 Å². The molecule has 0 amide bonds. The highest BCUT2D eigenvalue weighted by Gasteiger charge is 2.41. The van der Waals surface area contributed by atoms with Gasteiger partial charge in [0.15, 0.2) is 0 Å². The maximum atomic E-state index is 5.79. The summed E-state index contributed by atoms with van der Waals surface area (Å²) in [7, 11) is 0. The van der Waals surface area contributed by atoms with Crippen molar-refractivity contribution in [2.75, 3.05) is 12.4 Å². The molecular weight excluding hydrogens is 228 g/mol. The molecule has 1 fully saturated rings. The van der Waals surface area contributed by atoms with Crippen LogP contribution in [0.5, 0.6) is 0 Å². The topological polar surface area (TPSA) is 24.9 Å². The maximum Gasteiger partial charge on any atom is 0.0897 e. The van der Waals surface area contributed by atoms with Gasteiger partial charge in [0.1, 0.15) is 0 Å². The summed E-state index contributed by atoms with van der Waals surface area (Å²) in [4.78, 5) is 4.43. The quantitative estimate of drug-likeness (QED) is 0.779. The van der Waals surface area contributed by atoms with E-state index in [0.29, 0.717) is 5.41 Å². The molecule has 1 aromatic rings. The Morgan fingerprint density at radius 1 is 1.60 bits per heavy atom. The molecular formula is C11H17ClN2S. The van der Waals surface area contributed by atoms with Gasteiger partial charge in [-0.2, -0.15) is 0 Å². The summed E-state index contributed by atoms with van der Waals surface area (Å²) in [6.45, 7) is 4.04. The molecule has 0 aromatic carbocycles. The summed E-state index contributed by atoms with van der Waals surface area (Å²) >= 11 is 7.50. The van der Waals surface area contributed by atoms with E-state index in [1.54, 1.807) is 11.3 Å². The largest absolute Gasteiger partial charge is 0.311 e. The smallest absolute Gasteiger partial charge is 0.0897 e. The molecule has 1 N–H and O–H groups in total. The summed E-state index contributed by atoms with van der Waals surface area (Å²) in [6, 6.07) is 0. The SMILES string of the molecule is Cc1nc(CNCC2(CCCl)CC2)cs1. The average molecular weight is 245 g/mol. The molecule has 0 unspecified atom stereocenters. The molecule has 0 atom stereocenters. The molecule has 15 heavy (non-hydrogen) atoms. The predicted molar refractivity (Wildman–Crippen MR) is 65.6 cm³/mol. The van der Waals surface area contributed by atoms with Gasteiger partial charge in [-0.25, -0.2) is 4.98 Å². The van der Waals surface area contributed by atoms with E-state index in [1.807, 2.05) is 6.92 Å². The van der Waals surface area contributed by atoms with Gasteiger partial charge in [0, 0.05) is 24.3 Å². The highest BCUT2D eigenvalue weighted by atomic mass is 35.5. The van der Waals surface area contributed by atoms with Crippen molar-refractivity contribution in [2.24, 2.45) is 5.41 Å². The van der Waals surface area contributed by atoms with E-state index in [2.05, 4.69) is 15.7 Å². The molecule has 1 aliphatic carbocycles. The van der Waals surface area contributed by atoms with Crippen molar-refractivity contribution < 1.29 is 0 Å². The summed E-state index contributed by atoms with van der Waals surface area (Å²) in [6.07, 6.45) is 3.82. The van der Waals surface area contributed by atoms with Gasteiger partial charge >= 0.3 is 0 Å². The molecule has 1 aromatic heterocycles. The van der Waals surface area contributed by atoms with Crippen molar-refractivity contribution in [3.8, 4) is 0 Å². The van der Waals surface area contributed by atoms with Crippen molar-refractivity contribution >= 4 is 22.9 Å². The van der Waals surface area contributed by atoms with Crippen molar-refractivity contribution in [3.05, 3.63) is 16.1 Å². The number of aromatic nitrogens is 1. The first-order valence-corrected chi connectivity index (χ1v) is 6.83. The average Bonchev–Trinajstić information content (AvgIpc) is 2.83. The molecule has 0 spiro atoms. The molecule has 0 saturated heterocycles. The number of rotatable bonds is 6. The molecule has 84 valence electrons. The van der Waals surface area contributed by atoms with Gasteiger partial charge in [-0.3, -0.25) is 0 Å². The monoisotopic (exact) mass is 244 g/mol. The molecule has 0 bridgehead atoms. The predicted octanol–water partition coefficient (Wildman–Crippen LogP) is 2.95. The van der Waals surface area contributed by atoms with Crippen LogP contribution in [-0.2, 0) is 6.54 Å². The molecule has 0 radical (unpaired) electrons. The second kappa shape index (κ2) is 4.81. The van der Waals surface area contributed by atoms with Crippen LogP contribution < -0.4 is 5.32 Å². The number of aryl methyl sites for hydroxylation is 1. The lowest BCUT2D eigenvalue weighted by molar-refractivity contribution is 0.444. The second-order valence-corrected chi connectivity index (χ2v) is 5.84. The Morgan fingerprint density at radius 3 is 2.93 bits per heavy atom. The van der Waals surface area contributed by atoms with E-state index in [4.69, 9.17) is 11.6 Å². The molecule has 4 heteroatoms. The van der Waals surface area contributed by atoms with Gasteiger partial charge in [-0.05, 0) is 31.6 Å². The van der Waals surface area contributed by atoms with Gasteiger partial charge in [-0.1, -0.05) is 0 Å². The lowest BCUT2D eigenvalue weighted by Crippen LogP contribution is -2.24. The van der Waals surface area contributed by atoms with Crippen molar-refractivity contribution in [3.63, 3.8) is 0 Å². The zero-order valence-electron chi connectivity index (χ0n) is 9.05. The molecule has 1 aliphatic rings. The van der Waals surface area contributed by atoms with Gasteiger partial charge in [0.05, 0.1) is 10.7 Å². The van der Waals surface area contributed by atoms with E-state index >= 15 is 0 Å². The number of hydrogen-bond donors (Lipinski definition) is 1. The fourth-order valence-electron chi connectivity index (χ4n) is 1.84. The lowest BCUT2D eigenvalue weighted by Gasteiger charge is -2.13. The number of alkyl halides is 1. The Kier molecular flexibility index (Phi) is 3.65. The molecule has 0 aliphatic heterocycles. The molecule has 2 nitrogen and oxygen atoms in total. The summed E-state index contributed by atoms with van der Waals surface area (Å²) < 4.78 is 0. The summed E-state index contributed by atoms with van der Waals surface area (Å²) in [5.74, 6) is 0.789.